The maximum Gasteiger partial charge on any atom is 0.137 e. The fourth-order valence-electron chi connectivity index (χ4n) is 2.91. The van der Waals surface area contributed by atoms with Crippen molar-refractivity contribution in [2.75, 3.05) is 26.2 Å². The Balaban J connectivity index is 1.57. The van der Waals surface area contributed by atoms with Gasteiger partial charge in [0.1, 0.15) is 12.7 Å². The Labute approximate surface area is 136 Å². The molecule has 1 N–H and O–H groups in total. The summed E-state index contributed by atoms with van der Waals surface area (Å²) in [5.41, 5.74) is 3.44. The van der Waals surface area contributed by atoms with E-state index in [9.17, 15) is 5.11 Å². The van der Waals surface area contributed by atoms with E-state index in [0.29, 0.717) is 19.7 Å². The summed E-state index contributed by atoms with van der Waals surface area (Å²) in [5, 5.41) is 14.6. The van der Waals surface area contributed by atoms with Gasteiger partial charge in [0.2, 0.25) is 0 Å². The second-order valence-electron chi connectivity index (χ2n) is 6.23. The highest BCUT2D eigenvalue weighted by atomic mass is 16.5. The molecule has 2 atom stereocenters. The first-order chi connectivity index (χ1) is 11.1. The predicted molar refractivity (Wildman–Crippen MR) is 87.1 cm³/mol. The van der Waals surface area contributed by atoms with Crippen molar-refractivity contribution in [2.45, 2.75) is 32.6 Å². The van der Waals surface area contributed by atoms with Crippen LogP contribution >= 0.6 is 0 Å². The van der Waals surface area contributed by atoms with Crippen LogP contribution in [0, 0.1) is 13.8 Å². The summed E-state index contributed by atoms with van der Waals surface area (Å²) >= 11 is 0. The van der Waals surface area contributed by atoms with Gasteiger partial charge in [-0.2, -0.15) is 5.10 Å². The maximum absolute atomic E-state index is 10.5. The van der Waals surface area contributed by atoms with Gasteiger partial charge in [-0.25, -0.2) is 4.98 Å². The van der Waals surface area contributed by atoms with Gasteiger partial charge in [0.15, 0.2) is 0 Å². The number of nitrogens with zero attached hydrogens (tertiary/aromatic N) is 4. The van der Waals surface area contributed by atoms with Gasteiger partial charge in [-0.3, -0.25) is 9.58 Å². The van der Waals surface area contributed by atoms with Crippen molar-refractivity contribution in [1.29, 1.82) is 0 Å². The summed E-state index contributed by atoms with van der Waals surface area (Å²) < 4.78 is 7.58. The molecule has 0 amide bonds. The van der Waals surface area contributed by atoms with E-state index in [1.807, 2.05) is 6.07 Å². The number of aromatic nitrogens is 3. The predicted octanol–water partition coefficient (Wildman–Crippen LogP) is 1.33. The Morgan fingerprint density at radius 2 is 2.22 bits per heavy atom. The molecular weight excluding hydrogens is 292 g/mol. The largest absolute Gasteiger partial charge is 0.387 e. The topological polar surface area (TPSA) is 63.4 Å². The van der Waals surface area contributed by atoms with Crippen molar-refractivity contribution < 1.29 is 9.84 Å². The Morgan fingerprint density at radius 3 is 2.96 bits per heavy atom. The molecule has 2 aromatic rings. The number of aliphatic hydroxyl groups excluding tert-OH is 1. The van der Waals surface area contributed by atoms with Crippen LogP contribution in [0.5, 0.6) is 0 Å². The molecule has 1 fully saturated rings. The highest BCUT2D eigenvalue weighted by Gasteiger charge is 2.23. The highest BCUT2D eigenvalue weighted by Crippen LogP contribution is 2.19. The van der Waals surface area contributed by atoms with Gasteiger partial charge >= 0.3 is 0 Å². The highest BCUT2D eigenvalue weighted by molar-refractivity contribution is 5.31. The van der Waals surface area contributed by atoms with E-state index in [-0.39, 0.29) is 6.10 Å². The molecule has 2 heterocycles. The summed E-state index contributed by atoms with van der Waals surface area (Å²) in [7, 11) is 0. The maximum atomic E-state index is 10.5. The number of morpholine rings is 1. The minimum Gasteiger partial charge on any atom is -0.387 e. The summed E-state index contributed by atoms with van der Waals surface area (Å²) in [4.78, 5) is 6.21. The SMILES string of the molecule is Cc1ccc([C@H](O)CN2CCO[C@@H](Cn3cncn3)C2)cc1C. The smallest absolute Gasteiger partial charge is 0.137 e. The fraction of sp³-hybridized carbons (Fsp3) is 0.529. The van der Waals surface area contributed by atoms with Crippen molar-refractivity contribution >= 4 is 0 Å². The van der Waals surface area contributed by atoms with E-state index in [4.69, 9.17) is 4.74 Å². The van der Waals surface area contributed by atoms with E-state index < -0.39 is 6.10 Å². The molecule has 1 aliphatic rings. The molecule has 0 bridgehead atoms. The fourth-order valence-corrected chi connectivity index (χ4v) is 2.91. The number of rotatable bonds is 5. The van der Waals surface area contributed by atoms with E-state index in [1.165, 1.54) is 17.5 Å². The molecule has 0 aliphatic carbocycles. The molecule has 3 rings (SSSR count). The number of ether oxygens (including phenoxy) is 1. The van der Waals surface area contributed by atoms with Crippen LogP contribution in [0.25, 0.3) is 0 Å². The molecule has 0 saturated carbocycles. The van der Waals surface area contributed by atoms with Crippen LogP contribution in [0.1, 0.15) is 22.8 Å². The first-order valence-corrected chi connectivity index (χ1v) is 8.03. The molecule has 6 heteroatoms. The normalized spacial score (nSPS) is 20.6. The Hall–Kier alpha value is -1.76. The summed E-state index contributed by atoms with van der Waals surface area (Å²) in [6.07, 6.45) is 2.84. The van der Waals surface area contributed by atoms with E-state index in [0.717, 1.165) is 18.7 Å². The second-order valence-corrected chi connectivity index (χ2v) is 6.23. The summed E-state index contributed by atoms with van der Waals surface area (Å²) in [5.74, 6) is 0. The van der Waals surface area contributed by atoms with E-state index in [2.05, 4.69) is 41.0 Å². The van der Waals surface area contributed by atoms with E-state index >= 15 is 0 Å². The minimum absolute atomic E-state index is 0.0809. The zero-order valence-electron chi connectivity index (χ0n) is 13.7. The number of hydrogen-bond acceptors (Lipinski definition) is 5. The van der Waals surface area contributed by atoms with Crippen LogP contribution in [0.3, 0.4) is 0 Å². The standard InChI is InChI=1S/C17H24N4O2/c1-13-3-4-15(7-14(13)2)17(22)10-20-5-6-23-16(8-20)9-21-12-18-11-19-21/h3-4,7,11-12,16-17,22H,5-6,8-10H2,1-2H3/t16-,17-/m1/s1. The molecule has 23 heavy (non-hydrogen) atoms. The first kappa shape index (κ1) is 16.1. The average molecular weight is 316 g/mol. The van der Waals surface area contributed by atoms with Crippen molar-refractivity contribution in [3.8, 4) is 0 Å². The second kappa shape index (κ2) is 7.21. The van der Waals surface area contributed by atoms with Crippen molar-refractivity contribution in [1.82, 2.24) is 19.7 Å². The number of benzene rings is 1. The molecule has 1 saturated heterocycles. The van der Waals surface area contributed by atoms with Gasteiger partial charge in [0.05, 0.1) is 25.4 Å². The molecule has 1 aliphatic heterocycles. The zero-order valence-corrected chi connectivity index (χ0v) is 13.7. The monoisotopic (exact) mass is 316 g/mol. The average Bonchev–Trinajstić information content (AvgIpc) is 3.03. The van der Waals surface area contributed by atoms with Crippen LogP contribution in [-0.2, 0) is 11.3 Å². The molecular formula is C17H24N4O2. The first-order valence-electron chi connectivity index (χ1n) is 8.03. The van der Waals surface area contributed by atoms with Crippen molar-refractivity contribution in [3.63, 3.8) is 0 Å². The number of β-amino-alcohol motifs (C(OH)–C–C–N with tert-alkyl or cyclic N) is 1. The van der Waals surface area contributed by atoms with Gasteiger partial charge in [-0.15, -0.1) is 0 Å². The Kier molecular flexibility index (Phi) is 5.05. The molecule has 124 valence electrons. The molecule has 0 radical (unpaired) electrons. The molecule has 1 aromatic carbocycles. The van der Waals surface area contributed by atoms with Gasteiger partial charge < -0.3 is 9.84 Å². The van der Waals surface area contributed by atoms with Crippen LogP contribution in [-0.4, -0.2) is 57.1 Å². The third-order valence-corrected chi connectivity index (χ3v) is 4.43. The molecule has 6 nitrogen and oxygen atoms in total. The molecule has 0 unspecified atom stereocenters. The zero-order chi connectivity index (χ0) is 16.2. The quantitative estimate of drug-likeness (QED) is 0.901. The van der Waals surface area contributed by atoms with Crippen LogP contribution in [0.15, 0.2) is 30.9 Å². The third kappa shape index (κ3) is 4.16. The number of aryl methyl sites for hydroxylation is 2. The lowest BCUT2D eigenvalue weighted by atomic mass is 10.0. The number of aliphatic hydroxyl groups is 1. The van der Waals surface area contributed by atoms with Gasteiger partial charge in [-0.05, 0) is 30.5 Å². The Morgan fingerprint density at radius 1 is 1.35 bits per heavy atom. The lowest BCUT2D eigenvalue weighted by Gasteiger charge is -2.34. The van der Waals surface area contributed by atoms with Gasteiger partial charge in [0.25, 0.3) is 0 Å². The van der Waals surface area contributed by atoms with Gasteiger partial charge in [-0.1, -0.05) is 18.2 Å². The van der Waals surface area contributed by atoms with Crippen LogP contribution in [0.2, 0.25) is 0 Å². The Bertz CT molecular complexity index is 630. The molecule has 1 aromatic heterocycles. The third-order valence-electron chi connectivity index (χ3n) is 4.43. The van der Waals surface area contributed by atoms with Crippen molar-refractivity contribution in [3.05, 3.63) is 47.5 Å². The minimum atomic E-state index is -0.473. The van der Waals surface area contributed by atoms with Gasteiger partial charge in [0, 0.05) is 19.6 Å². The van der Waals surface area contributed by atoms with Crippen LogP contribution in [0.4, 0.5) is 0 Å². The van der Waals surface area contributed by atoms with E-state index in [1.54, 1.807) is 11.0 Å². The summed E-state index contributed by atoms with van der Waals surface area (Å²) in [6, 6.07) is 6.16. The van der Waals surface area contributed by atoms with Crippen LogP contribution < -0.4 is 0 Å². The van der Waals surface area contributed by atoms with Crippen molar-refractivity contribution in [2.24, 2.45) is 0 Å². The molecule has 0 spiro atoms. The lowest BCUT2D eigenvalue weighted by molar-refractivity contribution is -0.0487. The lowest BCUT2D eigenvalue weighted by Crippen LogP contribution is -2.45. The summed E-state index contributed by atoms with van der Waals surface area (Å²) in [6.45, 7) is 7.79. The number of hydrogen-bond donors (Lipinski definition) is 1.